The molecule has 0 spiro atoms. The van der Waals surface area contributed by atoms with Crippen molar-refractivity contribution in [2.24, 2.45) is 0 Å². The molecule has 1 amide bonds. The first-order valence-electron chi connectivity index (χ1n) is 6.59. The maximum atomic E-state index is 11.0. The molecule has 2 rings (SSSR count). The zero-order chi connectivity index (χ0) is 14.0. The first-order valence-corrected chi connectivity index (χ1v) is 10.1. The van der Waals surface area contributed by atoms with Crippen LogP contribution in [0.15, 0.2) is 18.5 Å². The van der Waals surface area contributed by atoms with Gasteiger partial charge in [0.25, 0.3) is 0 Å². The quantitative estimate of drug-likeness (QED) is 0.836. The van der Waals surface area contributed by atoms with E-state index in [-0.39, 0.29) is 5.91 Å². The van der Waals surface area contributed by atoms with Gasteiger partial charge in [-0.15, -0.1) is 0 Å². The standard InChI is InChI=1S/C14H21N3OSi/c1-10(18)16-8-5-11-12-9-15-7-6-13(12)17-14(11)19(2,3)4/h6-7,9,17H,5,8H2,1-4H3,(H,16,18). The summed E-state index contributed by atoms with van der Waals surface area (Å²) in [5.41, 5.74) is 2.46. The van der Waals surface area contributed by atoms with E-state index < -0.39 is 8.07 Å². The van der Waals surface area contributed by atoms with Crippen LogP contribution in [0.2, 0.25) is 19.6 Å². The van der Waals surface area contributed by atoms with Crippen LogP contribution in [0.25, 0.3) is 10.9 Å². The summed E-state index contributed by atoms with van der Waals surface area (Å²) in [7, 11) is -1.43. The van der Waals surface area contributed by atoms with Gasteiger partial charge in [0.1, 0.15) is 0 Å². The summed E-state index contributed by atoms with van der Waals surface area (Å²) < 4.78 is 0. The maximum absolute atomic E-state index is 11.0. The van der Waals surface area contributed by atoms with Gasteiger partial charge in [-0.1, -0.05) is 19.6 Å². The molecule has 0 aliphatic heterocycles. The monoisotopic (exact) mass is 275 g/mol. The molecule has 0 unspecified atom stereocenters. The normalized spacial score (nSPS) is 11.8. The highest BCUT2D eigenvalue weighted by atomic mass is 28.3. The summed E-state index contributed by atoms with van der Waals surface area (Å²) in [6.45, 7) is 9.21. The van der Waals surface area contributed by atoms with Gasteiger partial charge in [0.15, 0.2) is 0 Å². The first-order chi connectivity index (χ1) is 8.89. The predicted octanol–water partition coefficient (Wildman–Crippen LogP) is 1.79. The molecule has 0 saturated carbocycles. The summed E-state index contributed by atoms with van der Waals surface area (Å²) in [5, 5.41) is 5.42. The number of rotatable bonds is 4. The molecule has 0 bridgehead atoms. The molecule has 0 saturated heterocycles. The van der Waals surface area contributed by atoms with Crippen molar-refractivity contribution in [3.8, 4) is 0 Å². The molecule has 0 aliphatic rings. The summed E-state index contributed by atoms with van der Waals surface area (Å²) in [6, 6.07) is 2.01. The summed E-state index contributed by atoms with van der Waals surface area (Å²) in [6.07, 6.45) is 4.58. The highest BCUT2D eigenvalue weighted by Gasteiger charge is 2.24. The second kappa shape index (κ2) is 5.17. The van der Waals surface area contributed by atoms with E-state index in [1.807, 2.05) is 18.5 Å². The topological polar surface area (TPSA) is 57.8 Å². The molecular weight excluding hydrogens is 254 g/mol. The van der Waals surface area contributed by atoms with Crippen LogP contribution >= 0.6 is 0 Å². The molecule has 2 aromatic rings. The predicted molar refractivity (Wildman–Crippen MR) is 81.5 cm³/mol. The van der Waals surface area contributed by atoms with Crippen LogP contribution in [0.1, 0.15) is 12.5 Å². The Kier molecular flexibility index (Phi) is 3.75. The van der Waals surface area contributed by atoms with Gasteiger partial charge < -0.3 is 10.3 Å². The molecule has 0 aromatic carbocycles. The molecular formula is C14H21N3OSi. The van der Waals surface area contributed by atoms with Crippen molar-refractivity contribution in [3.05, 3.63) is 24.0 Å². The number of carbonyl (C=O) groups is 1. The number of amides is 1. The number of pyridine rings is 1. The molecule has 19 heavy (non-hydrogen) atoms. The van der Waals surface area contributed by atoms with Crippen molar-refractivity contribution in [1.82, 2.24) is 15.3 Å². The number of nitrogens with zero attached hydrogens (tertiary/aromatic N) is 1. The lowest BCUT2D eigenvalue weighted by Crippen LogP contribution is -2.41. The molecule has 0 aliphatic carbocycles. The van der Waals surface area contributed by atoms with Crippen LogP contribution in [0, 0.1) is 0 Å². The Morgan fingerprint density at radius 3 is 2.79 bits per heavy atom. The Morgan fingerprint density at radius 1 is 1.42 bits per heavy atom. The molecule has 2 heterocycles. The number of nitrogens with one attached hydrogen (secondary N) is 2. The fourth-order valence-electron chi connectivity index (χ4n) is 2.35. The van der Waals surface area contributed by atoms with Crippen molar-refractivity contribution in [3.63, 3.8) is 0 Å². The largest absolute Gasteiger partial charge is 0.362 e. The van der Waals surface area contributed by atoms with E-state index in [2.05, 4.69) is 34.9 Å². The van der Waals surface area contributed by atoms with Crippen LogP contribution in [-0.2, 0) is 11.2 Å². The minimum Gasteiger partial charge on any atom is -0.362 e. The van der Waals surface area contributed by atoms with Crippen LogP contribution in [-0.4, -0.2) is 30.5 Å². The van der Waals surface area contributed by atoms with Gasteiger partial charge in [0.2, 0.25) is 5.91 Å². The Morgan fingerprint density at radius 2 is 2.16 bits per heavy atom. The van der Waals surface area contributed by atoms with Crippen LogP contribution in [0.4, 0.5) is 0 Å². The minimum atomic E-state index is -1.43. The van der Waals surface area contributed by atoms with Gasteiger partial charge in [-0.2, -0.15) is 0 Å². The van der Waals surface area contributed by atoms with E-state index in [4.69, 9.17) is 0 Å². The van der Waals surface area contributed by atoms with Crippen molar-refractivity contribution in [1.29, 1.82) is 0 Å². The van der Waals surface area contributed by atoms with Crippen LogP contribution in [0.3, 0.4) is 0 Å². The molecule has 102 valence electrons. The van der Waals surface area contributed by atoms with E-state index in [0.29, 0.717) is 6.54 Å². The summed E-state index contributed by atoms with van der Waals surface area (Å²) >= 11 is 0. The number of hydrogen-bond donors (Lipinski definition) is 2. The number of hydrogen-bond acceptors (Lipinski definition) is 2. The molecule has 0 radical (unpaired) electrons. The summed E-state index contributed by atoms with van der Waals surface area (Å²) in [5.74, 6) is 0.0209. The Labute approximate surface area is 114 Å². The van der Waals surface area contributed by atoms with Gasteiger partial charge in [-0.25, -0.2) is 0 Å². The summed E-state index contributed by atoms with van der Waals surface area (Å²) in [4.78, 5) is 18.8. The first kappa shape index (κ1) is 13.8. The fraction of sp³-hybridized carbons (Fsp3) is 0.429. The Hall–Kier alpha value is -1.62. The molecule has 0 fully saturated rings. The molecule has 2 N–H and O–H groups in total. The lowest BCUT2D eigenvalue weighted by atomic mass is 10.1. The average molecular weight is 275 g/mol. The second-order valence-corrected chi connectivity index (χ2v) is 10.9. The van der Waals surface area contributed by atoms with Crippen LogP contribution in [0.5, 0.6) is 0 Å². The van der Waals surface area contributed by atoms with Gasteiger partial charge in [-0.05, 0) is 18.1 Å². The van der Waals surface area contributed by atoms with Gasteiger partial charge >= 0.3 is 0 Å². The SMILES string of the molecule is CC(=O)NCCc1c([Si](C)(C)C)[nH]c2ccncc12. The van der Waals surface area contributed by atoms with Crippen LogP contribution < -0.4 is 10.6 Å². The molecule has 5 heteroatoms. The van der Waals surface area contributed by atoms with Crippen molar-refractivity contribution >= 4 is 30.2 Å². The van der Waals surface area contributed by atoms with E-state index in [1.54, 1.807) is 6.92 Å². The minimum absolute atomic E-state index is 0.0209. The van der Waals surface area contributed by atoms with Gasteiger partial charge in [0, 0.05) is 42.1 Å². The lowest BCUT2D eigenvalue weighted by molar-refractivity contribution is -0.118. The number of aromatic amines is 1. The van der Waals surface area contributed by atoms with E-state index in [0.717, 1.165) is 11.9 Å². The highest BCUT2D eigenvalue weighted by Crippen LogP contribution is 2.19. The highest BCUT2D eigenvalue weighted by molar-refractivity contribution is 6.88. The van der Waals surface area contributed by atoms with Crippen molar-refractivity contribution in [2.75, 3.05) is 6.54 Å². The third-order valence-corrected chi connectivity index (χ3v) is 5.13. The van der Waals surface area contributed by atoms with Crippen molar-refractivity contribution < 1.29 is 4.79 Å². The second-order valence-electron chi connectivity index (χ2n) is 5.88. The lowest BCUT2D eigenvalue weighted by Gasteiger charge is -2.17. The average Bonchev–Trinajstić information content (AvgIpc) is 2.68. The third kappa shape index (κ3) is 3.04. The van der Waals surface area contributed by atoms with E-state index in [1.165, 1.54) is 16.3 Å². The molecule has 4 nitrogen and oxygen atoms in total. The Bertz CT molecular complexity index is 598. The maximum Gasteiger partial charge on any atom is 0.216 e. The number of aromatic nitrogens is 2. The molecule has 2 aromatic heterocycles. The van der Waals surface area contributed by atoms with Gasteiger partial charge in [-0.3, -0.25) is 9.78 Å². The van der Waals surface area contributed by atoms with Gasteiger partial charge in [0.05, 0.1) is 8.07 Å². The number of H-pyrrole nitrogens is 1. The third-order valence-electron chi connectivity index (χ3n) is 3.21. The fourth-order valence-corrected chi connectivity index (χ4v) is 4.03. The van der Waals surface area contributed by atoms with Crippen molar-refractivity contribution in [2.45, 2.75) is 33.0 Å². The van der Waals surface area contributed by atoms with E-state index in [9.17, 15) is 4.79 Å². The zero-order valence-electron chi connectivity index (χ0n) is 12.0. The number of fused-ring (bicyclic) bond motifs is 1. The smallest absolute Gasteiger partial charge is 0.216 e. The zero-order valence-corrected chi connectivity index (χ0v) is 13.0. The van der Waals surface area contributed by atoms with E-state index >= 15 is 0 Å². The molecule has 0 atom stereocenters. The Balaban J connectivity index is 2.40. The number of carbonyl (C=O) groups excluding carboxylic acids is 1.